The Morgan fingerprint density at radius 1 is 1.16 bits per heavy atom. The van der Waals surface area contributed by atoms with E-state index in [0.717, 1.165) is 31.2 Å². The molecule has 1 aromatic carbocycles. The summed E-state index contributed by atoms with van der Waals surface area (Å²) in [6.45, 7) is 1.19. The Labute approximate surface area is 146 Å². The summed E-state index contributed by atoms with van der Waals surface area (Å²) in [6.07, 6.45) is 3.50. The summed E-state index contributed by atoms with van der Waals surface area (Å²) < 4.78 is 25.3. The molecular weight excluding hydrogens is 325 g/mol. The number of carbonyl (C=O) groups is 1. The second kappa shape index (κ2) is 7.27. The predicted molar refractivity (Wildman–Crippen MR) is 89.1 cm³/mol. The summed E-state index contributed by atoms with van der Waals surface area (Å²) >= 11 is 0. The number of rotatable bonds is 0. The van der Waals surface area contributed by atoms with Crippen LogP contribution < -0.4 is 16.2 Å². The lowest BCUT2D eigenvalue weighted by molar-refractivity contribution is 0.00715. The van der Waals surface area contributed by atoms with Crippen molar-refractivity contribution in [2.24, 2.45) is 5.92 Å². The lowest BCUT2D eigenvalue weighted by Crippen LogP contribution is -2.37. The van der Waals surface area contributed by atoms with Gasteiger partial charge in [-0.25, -0.2) is 14.6 Å². The number of halogens is 1. The Balaban J connectivity index is 1.61. The van der Waals surface area contributed by atoms with Gasteiger partial charge in [-0.1, -0.05) is 6.07 Å². The van der Waals surface area contributed by atoms with Crippen molar-refractivity contribution in [3.63, 3.8) is 0 Å². The van der Waals surface area contributed by atoms with Crippen molar-refractivity contribution >= 4 is 6.09 Å². The van der Waals surface area contributed by atoms with Crippen LogP contribution in [-0.2, 0) is 16.1 Å². The van der Waals surface area contributed by atoms with Gasteiger partial charge in [-0.3, -0.25) is 5.43 Å². The van der Waals surface area contributed by atoms with Gasteiger partial charge in [-0.2, -0.15) is 0 Å². The first-order valence-electron chi connectivity index (χ1n) is 9.02. The summed E-state index contributed by atoms with van der Waals surface area (Å²) in [4.78, 5) is 11.7. The highest BCUT2D eigenvalue weighted by atomic mass is 19.1. The zero-order valence-corrected chi connectivity index (χ0v) is 14.1. The summed E-state index contributed by atoms with van der Waals surface area (Å²) in [5.41, 5.74) is 8.24. The molecule has 0 aromatic heterocycles. The standard InChI is InChI=1S/C18H24FN3O3/c19-13-7-11-6-12(8-13)17-15-9-14(2-3-16(15)21-22-17)24-5-1-4-20-18(23)25-10-11/h6-8,14-17,21-22H,1-5,9-10H2,(H,20,23). The van der Waals surface area contributed by atoms with Crippen LogP contribution in [0.1, 0.15) is 42.9 Å². The Morgan fingerprint density at radius 3 is 3.00 bits per heavy atom. The number of cyclic esters (lactones) is 1. The maximum Gasteiger partial charge on any atom is 0.407 e. The topological polar surface area (TPSA) is 71.6 Å². The molecule has 1 saturated heterocycles. The van der Waals surface area contributed by atoms with Gasteiger partial charge in [0.2, 0.25) is 0 Å². The average Bonchev–Trinajstić information content (AvgIpc) is 3.02. The highest BCUT2D eigenvalue weighted by molar-refractivity contribution is 5.67. The van der Waals surface area contributed by atoms with Crippen LogP contribution >= 0.6 is 0 Å². The lowest BCUT2D eigenvalue weighted by atomic mass is 9.78. The third kappa shape index (κ3) is 3.78. The third-order valence-corrected chi connectivity index (χ3v) is 5.36. The van der Waals surface area contributed by atoms with Gasteiger partial charge < -0.3 is 14.8 Å². The minimum Gasteiger partial charge on any atom is -0.445 e. The highest BCUT2D eigenvalue weighted by Crippen LogP contribution is 2.39. The van der Waals surface area contributed by atoms with Crippen molar-refractivity contribution in [3.8, 4) is 0 Å². The van der Waals surface area contributed by atoms with E-state index in [1.165, 1.54) is 6.07 Å². The quantitative estimate of drug-likeness (QED) is 0.670. The predicted octanol–water partition coefficient (Wildman–Crippen LogP) is 2.16. The fourth-order valence-electron chi connectivity index (χ4n) is 4.15. The SMILES string of the molecule is O=C1NCCCOC2CCC3NNC(c4cc(F)cc(c4)CO1)C3C2. The average molecular weight is 349 g/mol. The molecule has 2 aliphatic heterocycles. The molecule has 1 amide bonds. The van der Waals surface area contributed by atoms with Crippen LogP contribution in [0.5, 0.6) is 0 Å². The lowest BCUT2D eigenvalue weighted by Gasteiger charge is -2.33. The van der Waals surface area contributed by atoms with Gasteiger partial charge in [-0.15, -0.1) is 0 Å². The number of hydrazine groups is 1. The van der Waals surface area contributed by atoms with Crippen LogP contribution in [0.4, 0.5) is 9.18 Å². The largest absolute Gasteiger partial charge is 0.445 e. The number of alkyl carbamates (subject to hydrolysis) is 1. The monoisotopic (exact) mass is 349 g/mol. The van der Waals surface area contributed by atoms with E-state index < -0.39 is 6.09 Å². The molecule has 1 saturated carbocycles. The number of hydrogen-bond donors (Lipinski definition) is 3. The van der Waals surface area contributed by atoms with Crippen molar-refractivity contribution in [2.45, 2.75) is 50.5 Å². The van der Waals surface area contributed by atoms with E-state index in [0.29, 0.717) is 30.7 Å². The molecule has 3 N–H and O–H groups in total. The number of carbonyl (C=O) groups excluding carboxylic acids is 1. The molecule has 4 unspecified atom stereocenters. The molecule has 2 fully saturated rings. The number of benzene rings is 1. The van der Waals surface area contributed by atoms with Gasteiger partial charge in [0.1, 0.15) is 12.4 Å². The molecule has 0 radical (unpaired) electrons. The van der Waals surface area contributed by atoms with E-state index in [9.17, 15) is 9.18 Å². The van der Waals surface area contributed by atoms with Crippen LogP contribution in [0.15, 0.2) is 18.2 Å². The van der Waals surface area contributed by atoms with Crippen LogP contribution in [0, 0.1) is 11.7 Å². The van der Waals surface area contributed by atoms with Crippen LogP contribution in [0.2, 0.25) is 0 Å². The van der Waals surface area contributed by atoms with Crippen LogP contribution in [0.25, 0.3) is 0 Å². The van der Waals surface area contributed by atoms with Crippen molar-refractivity contribution < 1.29 is 18.7 Å². The van der Waals surface area contributed by atoms with E-state index >= 15 is 0 Å². The van der Waals surface area contributed by atoms with E-state index in [2.05, 4.69) is 16.2 Å². The number of hydrogen-bond acceptors (Lipinski definition) is 5. The summed E-state index contributed by atoms with van der Waals surface area (Å²) in [7, 11) is 0. The molecule has 7 heteroatoms. The third-order valence-electron chi connectivity index (χ3n) is 5.36. The first-order valence-corrected chi connectivity index (χ1v) is 9.02. The van der Waals surface area contributed by atoms with E-state index in [4.69, 9.17) is 9.47 Å². The molecule has 0 spiro atoms. The second-order valence-electron chi connectivity index (χ2n) is 7.09. The zero-order chi connectivity index (χ0) is 17.2. The summed E-state index contributed by atoms with van der Waals surface area (Å²) in [6, 6.07) is 5.31. The normalized spacial score (nSPS) is 32.9. The van der Waals surface area contributed by atoms with Crippen molar-refractivity contribution in [2.75, 3.05) is 13.2 Å². The minimum absolute atomic E-state index is 0.0322. The van der Waals surface area contributed by atoms with E-state index in [1.807, 2.05) is 6.07 Å². The summed E-state index contributed by atoms with van der Waals surface area (Å²) in [5.74, 6) is 0.0499. The number of nitrogens with one attached hydrogen (secondary N) is 3. The Hall–Kier alpha value is -1.70. The van der Waals surface area contributed by atoms with Gasteiger partial charge >= 0.3 is 6.09 Å². The molecule has 1 aromatic rings. The maximum atomic E-state index is 14.1. The first-order chi connectivity index (χ1) is 12.2. The molecule has 4 bridgehead atoms. The molecule has 4 atom stereocenters. The Morgan fingerprint density at radius 2 is 2.08 bits per heavy atom. The first kappa shape index (κ1) is 16.8. The minimum atomic E-state index is -0.486. The fourth-order valence-corrected chi connectivity index (χ4v) is 4.15. The molecular formula is C18H24FN3O3. The van der Waals surface area contributed by atoms with Gasteiger partial charge in [0.25, 0.3) is 0 Å². The number of amides is 1. The Kier molecular flexibility index (Phi) is 4.87. The second-order valence-corrected chi connectivity index (χ2v) is 7.09. The molecule has 3 aliphatic rings. The molecule has 1 aliphatic carbocycles. The van der Waals surface area contributed by atoms with Crippen LogP contribution in [-0.4, -0.2) is 31.4 Å². The molecule has 6 nitrogen and oxygen atoms in total. The number of ether oxygens (including phenoxy) is 2. The zero-order valence-electron chi connectivity index (χ0n) is 14.1. The van der Waals surface area contributed by atoms with Gasteiger partial charge in [0, 0.05) is 19.2 Å². The molecule has 136 valence electrons. The van der Waals surface area contributed by atoms with Crippen molar-refractivity contribution in [1.29, 1.82) is 0 Å². The highest BCUT2D eigenvalue weighted by Gasteiger charge is 2.41. The van der Waals surface area contributed by atoms with Gasteiger partial charge in [0.15, 0.2) is 0 Å². The Bertz CT molecular complexity index is 642. The fraction of sp³-hybridized carbons (Fsp3) is 0.611. The van der Waals surface area contributed by atoms with Gasteiger partial charge in [-0.05, 0) is 54.9 Å². The van der Waals surface area contributed by atoms with Crippen molar-refractivity contribution in [1.82, 2.24) is 16.2 Å². The maximum absolute atomic E-state index is 14.1. The molecule has 2 heterocycles. The van der Waals surface area contributed by atoms with E-state index in [1.54, 1.807) is 6.07 Å². The smallest absolute Gasteiger partial charge is 0.407 e. The number of fused-ring (bicyclic) bond motifs is 4. The van der Waals surface area contributed by atoms with Gasteiger partial charge in [0.05, 0.1) is 12.1 Å². The van der Waals surface area contributed by atoms with E-state index in [-0.39, 0.29) is 24.6 Å². The molecule has 4 rings (SSSR count). The summed E-state index contributed by atoms with van der Waals surface area (Å²) in [5, 5.41) is 2.70. The molecule has 25 heavy (non-hydrogen) atoms. The van der Waals surface area contributed by atoms with Crippen LogP contribution in [0.3, 0.4) is 0 Å². The van der Waals surface area contributed by atoms with Crippen molar-refractivity contribution in [3.05, 3.63) is 35.1 Å².